The van der Waals surface area contributed by atoms with E-state index in [0.717, 1.165) is 10.4 Å². The first kappa shape index (κ1) is 27.0. The number of sulfonamides is 1. The van der Waals surface area contributed by atoms with Crippen LogP contribution in [-0.2, 0) is 10.0 Å². The molecule has 2 unspecified atom stereocenters. The predicted octanol–water partition coefficient (Wildman–Crippen LogP) is 2.15. The minimum Gasteiger partial charge on any atom is -0.484 e. The normalized spacial score (nSPS) is 17.5. The molecule has 0 saturated carbocycles. The standard InChI is InChI=1S/C21H24ClF3N4O5S/c1-11(26)18(8-27-21(24)25)35(32,33)29-9-13(10-30)34-17-6-5-12(7-16(17)29)28-20(31)19-14(22)3-2-4-15(19)23/h2-7,11,13,18,21,27,30H,8-10,26H2,1H3,(H,28,31)/t11?,13-,18?/m1/s1. The van der Waals surface area contributed by atoms with Gasteiger partial charge < -0.3 is 20.9 Å². The molecule has 3 atom stereocenters. The van der Waals surface area contributed by atoms with Crippen molar-refractivity contribution in [2.24, 2.45) is 5.73 Å². The van der Waals surface area contributed by atoms with Crippen LogP contribution in [0.15, 0.2) is 36.4 Å². The lowest BCUT2D eigenvalue weighted by molar-refractivity contribution is 0.102. The predicted molar refractivity (Wildman–Crippen MR) is 125 cm³/mol. The molecule has 35 heavy (non-hydrogen) atoms. The topological polar surface area (TPSA) is 134 Å². The Morgan fingerprint density at radius 1 is 1.34 bits per heavy atom. The molecule has 14 heteroatoms. The van der Waals surface area contributed by atoms with Crippen molar-refractivity contribution in [1.29, 1.82) is 0 Å². The molecule has 2 aromatic carbocycles. The molecule has 5 N–H and O–H groups in total. The number of nitrogens with one attached hydrogen (secondary N) is 2. The van der Waals surface area contributed by atoms with Crippen LogP contribution in [-0.4, -0.2) is 63.1 Å². The Morgan fingerprint density at radius 2 is 2.06 bits per heavy atom. The van der Waals surface area contributed by atoms with Gasteiger partial charge in [-0.05, 0) is 37.3 Å². The molecule has 1 aliphatic rings. The number of hydrogen-bond acceptors (Lipinski definition) is 7. The number of hydrogen-bond donors (Lipinski definition) is 4. The Morgan fingerprint density at radius 3 is 2.66 bits per heavy atom. The number of anilines is 2. The summed E-state index contributed by atoms with van der Waals surface area (Å²) in [4.78, 5) is 12.6. The molecule has 0 spiro atoms. The van der Waals surface area contributed by atoms with E-state index in [0.29, 0.717) is 0 Å². The second kappa shape index (κ2) is 11.0. The summed E-state index contributed by atoms with van der Waals surface area (Å²) >= 11 is 5.93. The number of aliphatic hydroxyl groups excluding tert-OH is 1. The van der Waals surface area contributed by atoms with Crippen molar-refractivity contribution in [3.63, 3.8) is 0 Å². The molecular formula is C21H24ClF3N4O5S. The third-order valence-corrected chi connectivity index (χ3v) is 7.93. The number of benzene rings is 2. The van der Waals surface area contributed by atoms with Crippen LogP contribution in [0.1, 0.15) is 17.3 Å². The molecule has 0 saturated heterocycles. The van der Waals surface area contributed by atoms with Gasteiger partial charge in [-0.2, -0.15) is 8.78 Å². The number of aliphatic hydroxyl groups is 1. The summed E-state index contributed by atoms with van der Waals surface area (Å²) in [5.41, 5.74) is 5.48. The van der Waals surface area contributed by atoms with Crippen molar-refractivity contribution in [2.45, 2.75) is 30.9 Å². The Hall–Kier alpha value is -2.58. The van der Waals surface area contributed by atoms with Crippen LogP contribution in [0, 0.1) is 5.82 Å². The molecule has 1 aliphatic heterocycles. The van der Waals surface area contributed by atoms with Crippen LogP contribution < -0.4 is 25.4 Å². The molecule has 0 radical (unpaired) electrons. The minimum absolute atomic E-state index is 0.0187. The Balaban J connectivity index is 1.99. The molecule has 0 aromatic heterocycles. The molecular weight excluding hydrogens is 513 g/mol. The summed E-state index contributed by atoms with van der Waals surface area (Å²) in [6, 6.07) is 6.72. The van der Waals surface area contributed by atoms with Crippen molar-refractivity contribution >= 4 is 38.9 Å². The number of ether oxygens (including phenoxy) is 1. The second-order valence-corrected chi connectivity index (χ2v) is 10.3. The molecule has 2 aromatic rings. The van der Waals surface area contributed by atoms with Crippen LogP contribution in [0.5, 0.6) is 5.75 Å². The van der Waals surface area contributed by atoms with E-state index < -0.39 is 64.4 Å². The van der Waals surface area contributed by atoms with Gasteiger partial charge in [0.1, 0.15) is 22.9 Å². The first-order valence-electron chi connectivity index (χ1n) is 10.4. The number of rotatable bonds is 9. The molecule has 0 aliphatic carbocycles. The quantitative estimate of drug-likeness (QED) is 0.361. The van der Waals surface area contributed by atoms with Gasteiger partial charge >= 0.3 is 0 Å². The van der Waals surface area contributed by atoms with Crippen LogP contribution >= 0.6 is 11.6 Å². The highest BCUT2D eigenvalue weighted by Gasteiger charge is 2.40. The van der Waals surface area contributed by atoms with Gasteiger partial charge in [0.25, 0.3) is 12.5 Å². The monoisotopic (exact) mass is 536 g/mol. The van der Waals surface area contributed by atoms with Crippen molar-refractivity contribution in [3.05, 3.63) is 52.8 Å². The minimum atomic E-state index is -4.36. The lowest BCUT2D eigenvalue weighted by Crippen LogP contribution is -2.55. The van der Waals surface area contributed by atoms with E-state index in [1.54, 1.807) is 5.32 Å². The number of carbonyl (C=O) groups excluding carboxylic acids is 1. The molecule has 0 bridgehead atoms. The zero-order chi connectivity index (χ0) is 25.9. The highest BCUT2D eigenvalue weighted by atomic mass is 35.5. The second-order valence-electron chi connectivity index (χ2n) is 7.84. The lowest BCUT2D eigenvalue weighted by atomic mass is 10.1. The van der Waals surface area contributed by atoms with E-state index in [1.807, 2.05) is 0 Å². The summed E-state index contributed by atoms with van der Waals surface area (Å²) in [5, 5.41) is 12.3. The smallest absolute Gasteiger partial charge is 0.292 e. The highest BCUT2D eigenvalue weighted by Crippen LogP contribution is 2.38. The maximum atomic E-state index is 14.1. The van der Waals surface area contributed by atoms with Gasteiger partial charge in [0.15, 0.2) is 0 Å². The van der Waals surface area contributed by atoms with Crippen molar-refractivity contribution in [1.82, 2.24) is 5.32 Å². The number of alkyl halides is 2. The van der Waals surface area contributed by atoms with Crippen molar-refractivity contribution in [3.8, 4) is 5.75 Å². The van der Waals surface area contributed by atoms with E-state index >= 15 is 0 Å². The fourth-order valence-corrected chi connectivity index (χ4v) is 5.78. The summed E-state index contributed by atoms with van der Waals surface area (Å²) in [6.07, 6.45) is -0.938. The number of nitrogens with two attached hydrogens (primary N) is 1. The van der Waals surface area contributed by atoms with E-state index in [2.05, 4.69) is 5.32 Å². The molecule has 3 rings (SSSR count). The van der Waals surface area contributed by atoms with E-state index in [4.69, 9.17) is 22.1 Å². The summed E-state index contributed by atoms with van der Waals surface area (Å²) in [7, 11) is -4.36. The van der Waals surface area contributed by atoms with Gasteiger partial charge in [-0.15, -0.1) is 0 Å². The number of nitrogens with zero attached hydrogens (tertiary/aromatic N) is 1. The molecule has 1 amide bonds. The van der Waals surface area contributed by atoms with Gasteiger partial charge in [-0.3, -0.25) is 14.4 Å². The zero-order valence-corrected chi connectivity index (χ0v) is 20.0. The third kappa shape index (κ3) is 5.98. The number of amides is 1. The Bertz CT molecular complexity index is 1170. The lowest BCUT2D eigenvalue weighted by Gasteiger charge is -2.38. The van der Waals surface area contributed by atoms with Crippen LogP contribution in [0.25, 0.3) is 0 Å². The van der Waals surface area contributed by atoms with Crippen molar-refractivity contribution < 1.29 is 36.2 Å². The van der Waals surface area contributed by atoms with E-state index in [-0.39, 0.29) is 28.7 Å². The van der Waals surface area contributed by atoms with Crippen LogP contribution in [0.3, 0.4) is 0 Å². The van der Waals surface area contributed by atoms with Gasteiger partial charge in [0.05, 0.1) is 29.4 Å². The van der Waals surface area contributed by atoms with Crippen molar-refractivity contribution in [2.75, 3.05) is 29.3 Å². The maximum absolute atomic E-state index is 14.1. The maximum Gasteiger partial charge on any atom is 0.292 e. The van der Waals surface area contributed by atoms with Gasteiger partial charge in [0, 0.05) is 18.3 Å². The number of fused-ring (bicyclic) bond motifs is 1. The molecule has 192 valence electrons. The Labute approximate surface area is 205 Å². The fraction of sp³-hybridized carbons (Fsp3) is 0.381. The molecule has 9 nitrogen and oxygen atoms in total. The summed E-state index contributed by atoms with van der Waals surface area (Å²) in [6.45, 7) is -3.07. The van der Waals surface area contributed by atoms with Gasteiger partial charge in [0.2, 0.25) is 10.0 Å². The van der Waals surface area contributed by atoms with E-state index in [9.17, 15) is 31.5 Å². The first-order chi connectivity index (χ1) is 16.4. The largest absolute Gasteiger partial charge is 0.484 e. The van der Waals surface area contributed by atoms with Crippen LogP contribution in [0.2, 0.25) is 5.02 Å². The number of halogens is 4. The highest BCUT2D eigenvalue weighted by molar-refractivity contribution is 7.93. The average molecular weight is 537 g/mol. The van der Waals surface area contributed by atoms with E-state index in [1.165, 1.54) is 37.3 Å². The third-order valence-electron chi connectivity index (χ3n) is 5.29. The average Bonchev–Trinajstić information content (AvgIpc) is 2.77. The fourth-order valence-electron chi connectivity index (χ4n) is 3.57. The first-order valence-corrected chi connectivity index (χ1v) is 12.3. The molecule has 1 heterocycles. The Kier molecular flexibility index (Phi) is 8.49. The number of carbonyl (C=O) groups is 1. The zero-order valence-electron chi connectivity index (χ0n) is 18.4. The van der Waals surface area contributed by atoms with Crippen LogP contribution in [0.4, 0.5) is 24.5 Å². The molecule has 0 fully saturated rings. The summed E-state index contributed by atoms with van der Waals surface area (Å²) in [5.74, 6) is -1.66. The van der Waals surface area contributed by atoms with Gasteiger partial charge in [-0.25, -0.2) is 12.8 Å². The van der Waals surface area contributed by atoms with Gasteiger partial charge in [-0.1, -0.05) is 17.7 Å². The SMILES string of the molecule is CC(N)C(CNC(F)F)S(=O)(=O)N1C[C@H](CO)Oc2ccc(NC(=O)c3c(F)cccc3Cl)cc21. The summed E-state index contributed by atoms with van der Waals surface area (Å²) < 4.78 is 73.0.